The molecule has 2 aromatic rings. The van der Waals surface area contributed by atoms with Gasteiger partial charge in [-0.15, -0.1) is 13.2 Å². The van der Waals surface area contributed by atoms with Crippen molar-refractivity contribution in [3.63, 3.8) is 0 Å². The van der Waals surface area contributed by atoms with Crippen molar-refractivity contribution in [3.8, 4) is 0 Å². The third-order valence-electron chi connectivity index (χ3n) is 3.46. The second-order valence-corrected chi connectivity index (χ2v) is 5.26. The van der Waals surface area contributed by atoms with Crippen molar-refractivity contribution in [1.29, 1.82) is 0 Å². The van der Waals surface area contributed by atoms with Gasteiger partial charge >= 0.3 is 17.1 Å². The first-order valence-corrected chi connectivity index (χ1v) is 7.61. The molecule has 0 fully saturated rings. The molecule has 1 amide bonds. The Morgan fingerprint density at radius 3 is 1.96 bits per heavy atom. The molecule has 0 saturated carbocycles. The van der Waals surface area contributed by atoms with Gasteiger partial charge in [-0.1, -0.05) is 24.3 Å². The lowest BCUT2D eigenvalue weighted by molar-refractivity contribution is -0.116. The highest BCUT2D eigenvalue weighted by Gasteiger charge is 2.17. The van der Waals surface area contributed by atoms with Gasteiger partial charge in [-0.2, -0.15) is 0 Å². The second-order valence-electron chi connectivity index (χ2n) is 5.26. The van der Waals surface area contributed by atoms with Gasteiger partial charge in [0, 0.05) is 0 Å². The van der Waals surface area contributed by atoms with Crippen LogP contribution in [0.2, 0.25) is 0 Å². The molecule has 2 rings (SSSR count). The van der Waals surface area contributed by atoms with Crippen molar-refractivity contribution in [1.82, 2.24) is 13.7 Å². The molecule has 136 valence electrons. The highest BCUT2D eigenvalue weighted by Crippen LogP contribution is 2.11. The number of carbonyl (C=O) groups excluding carboxylic acids is 1. The van der Waals surface area contributed by atoms with Crippen molar-refractivity contribution in [2.75, 3.05) is 5.32 Å². The van der Waals surface area contributed by atoms with Crippen molar-refractivity contribution in [2.45, 2.75) is 19.6 Å². The zero-order valence-corrected chi connectivity index (χ0v) is 13.9. The average molecular weight is 360 g/mol. The van der Waals surface area contributed by atoms with Crippen LogP contribution in [0.1, 0.15) is 0 Å². The van der Waals surface area contributed by atoms with E-state index in [1.54, 1.807) is 0 Å². The molecule has 1 N–H and O–H groups in total. The quantitative estimate of drug-likeness (QED) is 0.720. The Morgan fingerprint density at radius 2 is 1.46 bits per heavy atom. The van der Waals surface area contributed by atoms with E-state index < -0.39 is 35.3 Å². The number of hydrogen-bond donors (Lipinski definition) is 1. The SMILES string of the molecule is C=CCn1c(=O)n(CC=C)c(=O)n(CC(=O)Nc2ccccc2F)c1=O. The van der Waals surface area contributed by atoms with E-state index in [4.69, 9.17) is 0 Å². The minimum atomic E-state index is -0.955. The number of para-hydroxylation sites is 1. The zero-order valence-electron chi connectivity index (χ0n) is 13.9. The summed E-state index contributed by atoms with van der Waals surface area (Å²) in [6, 6.07) is 5.47. The zero-order chi connectivity index (χ0) is 19.3. The first-order chi connectivity index (χ1) is 12.4. The number of nitrogens with zero attached hydrogens (tertiary/aromatic N) is 3. The molecule has 0 unspecified atom stereocenters. The molecule has 0 saturated heterocycles. The van der Waals surface area contributed by atoms with E-state index in [-0.39, 0.29) is 18.8 Å². The number of rotatable bonds is 7. The molecule has 0 aliphatic carbocycles. The van der Waals surface area contributed by atoms with Crippen LogP contribution >= 0.6 is 0 Å². The lowest BCUT2D eigenvalue weighted by Crippen LogP contribution is -2.55. The van der Waals surface area contributed by atoms with Crippen LogP contribution in [0.25, 0.3) is 0 Å². The normalized spacial score (nSPS) is 10.3. The lowest BCUT2D eigenvalue weighted by atomic mass is 10.3. The molecule has 1 heterocycles. The number of amides is 1. The Labute approximate surface area is 147 Å². The largest absolute Gasteiger partial charge is 0.337 e. The van der Waals surface area contributed by atoms with E-state index in [1.807, 2.05) is 0 Å². The lowest BCUT2D eigenvalue weighted by Gasteiger charge is -2.12. The summed E-state index contributed by atoms with van der Waals surface area (Å²) >= 11 is 0. The number of allylic oxidation sites excluding steroid dienone is 2. The van der Waals surface area contributed by atoms with E-state index in [0.29, 0.717) is 4.57 Å². The highest BCUT2D eigenvalue weighted by molar-refractivity contribution is 5.90. The van der Waals surface area contributed by atoms with Gasteiger partial charge in [0.2, 0.25) is 5.91 Å². The predicted molar refractivity (Wildman–Crippen MR) is 94.6 cm³/mol. The van der Waals surface area contributed by atoms with Gasteiger partial charge in [0.1, 0.15) is 12.4 Å². The fourth-order valence-corrected chi connectivity index (χ4v) is 2.28. The summed E-state index contributed by atoms with van der Waals surface area (Å²) in [6.45, 7) is 5.96. The fourth-order valence-electron chi connectivity index (χ4n) is 2.28. The van der Waals surface area contributed by atoms with E-state index >= 15 is 0 Å². The number of hydrogen-bond acceptors (Lipinski definition) is 4. The summed E-state index contributed by atoms with van der Waals surface area (Å²) in [5.74, 6) is -1.45. The second kappa shape index (κ2) is 8.06. The highest BCUT2D eigenvalue weighted by atomic mass is 19.1. The molecule has 1 aromatic carbocycles. The van der Waals surface area contributed by atoms with Gasteiger partial charge in [-0.25, -0.2) is 32.5 Å². The Balaban J connectivity index is 2.47. The predicted octanol–water partition coefficient (Wildman–Crippen LogP) is 0.321. The van der Waals surface area contributed by atoms with Crippen LogP contribution < -0.4 is 22.4 Å². The molecule has 0 atom stereocenters. The molecule has 26 heavy (non-hydrogen) atoms. The van der Waals surface area contributed by atoms with E-state index in [0.717, 1.165) is 15.2 Å². The first kappa shape index (κ1) is 18.8. The summed E-state index contributed by atoms with van der Waals surface area (Å²) in [6.07, 6.45) is 2.63. The van der Waals surface area contributed by atoms with E-state index in [9.17, 15) is 23.6 Å². The van der Waals surface area contributed by atoms with Crippen LogP contribution in [0.5, 0.6) is 0 Å². The molecular weight excluding hydrogens is 343 g/mol. The molecule has 9 heteroatoms. The molecule has 0 bridgehead atoms. The summed E-state index contributed by atoms with van der Waals surface area (Å²) in [7, 11) is 0. The van der Waals surface area contributed by atoms with Gasteiger partial charge < -0.3 is 5.32 Å². The Morgan fingerprint density at radius 1 is 0.962 bits per heavy atom. The van der Waals surface area contributed by atoms with Crippen LogP contribution in [0.3, 0.4) is 0 Å². The van der Waals surface area contributed by atoms with Crippen molar-refractivity contribution in [2.24, 2.45) is 0 Å². The molecule has 8 nitrogen and oxygen atoms in total. The summed E-state index contributed by atoms with van der Waals surface area (Å²) < 4.78 is 15.8. The molecule has 0 aliphatic heterocycles. The van der Waals surface area contributed by atoms with Gasteiger partial charge in [-0.05, 0) is 12.1 Å². The number of aromatic nitrogens is 3. The topological polar surface area (TPSA) is 95.1 Å². The van der Waals surface area contributed by atoms with Crippen LogP contribution in [-0.4, -0.2) is 19.6 Å². The summed E-state index contributed by atoms with van der Waals surface area (Å²) in [5, 5.41) is 2.28. The number of anilines is 1. The van der Waals surface area contributed by atoms with Crippen molar-refractivity contribution in [3.05, 3.63) is 86.8 Å². The van der Waals surface area contributed by atoms with Crippen LogP contribution in [0, 0.1) is 5.82 Å². The maximum atomic E-state index is 13.6. The van der Waals surface area contributed by atoms with Gasteiger partial charge in [0.15, 0.2) is 0 Å². The van der Waals surface area contributed by atoms with E-state index in [1.165, 1.54) is 30.4 Å². The fraction of sp³-hybridized carbons (Fsp3) is 0.176. The number of halogens is 1. The average Bonchev–Trinajstić information content (AvgIpc) is 2.61. The molecular formula is C17H17FN4O4. The van der Waals surface area contributed by atoms with Crippen LogP contribution in [0.15, 0.2) is 64.0 Å². The summed E-state index contributed by atoms with van der Waals surface area (Å²) in [5.41, 5.74) is -2.82. The smallest absolute Gasteiger partial charge is 0.322 e. The van der Waals surface area contributed by atoms with Gasteiger partial charge in [0.25, 0.3) is 0 Å². The monoisotopic (exact) mass is 360 g/mol. The maximum Gasteiger partial charge on any atom is 0.337 e. The first-order valence-electron chi connectivity index (χ1n) is 7.61. The van der Waals surface area contributed by atoms with Crippen molar-refractivity contribution < 1.29 is 9.18 Å². The molecule has 0 radical (unpaired) electrons. The standard InChI is InChI=1S/C17H17FN4O4/c1-3-9-20-15(24)21(10-4-2)17(26)22(16(20)25)11-14(23)19-13-8-6-5-7-12(13)18/h3-8H,1-2,9-11H2,(H,19,23). The van der Waals surface area contributed by atoms with Gasteiger partial charge in [0.05, 0.1) is 18.8 Å². The minimum Gasteiger partial charge on any atom is -0.322 e. The van der Waals surface area contributed by atoms with Crippen molar-refractivity contribution >= 4 is 11.6 Å². The maximum absolute atomic E-state index is 13.6. The number of nitrogens with one attached hydrogen (secondary N) is 1. The third kappa shape index (κ3) is 3.77. The Bertz CT molecular complexity index is 984. The summed E-state index contributed by atoms with van der Waals surface area (Å²) in [4.78, 5) is 49.2. The van der Waals surface area contributed by atoms with Crippen LogP contribution in [0.4, 0.5) is 10.1 Å². The molecule has 0 aliphatic rings. The number of carbonyl (C=O) groups is 1. The van der Waals surface area contributed by atoms with E-state index in [2.05, 4.69) is 18.5 Å². The minimum absolute atomic E-state index is 0.0867. The van der Waals surface area contributed by atoms with Crippen LogP contribution in [-0.2, 0) is 24.4 Å². The molecule has 1 aromatic heterocycles. The Kier molecular flexibility index (Phi) is 5.84. The van der Waals surface area contributed by atoms with Gasteiger partial charge in [-0.3, -0.25) is 4.79 Å². The molecule has 0 spiro atoms. The number of benzene rings is 1. The Hall–Kier alpha value is -3.49. The third-order valence-corrected chi connectivity index (χ3v) is 3.46.